The van der Waals surface area contributed by atoms with Crippen molar-refractivity contribution >= 4 is 16.5 Å². The third kappa shape index (κ3) is 1.50. The number of benzene rings is 2. The van der Waals surface area contributed by atoms with Gasteiger partial charge in [-0.3, -0.25) is 0 Å². The molecule has 0 heterocycles. The molecular weight excluding hydrogens is 158 g/mol. The van der Waals surface area contributed by atoms with E-state index in [1.807, 2.05) is 13.5 Å². The molecule has 0 saturated carbocycles. The highest BCUT2D eigenvalue weighted by atomic mass is 14.8. The van der Waals surface area contributed by atoms with Gasteiger partial charge in [-0.05, 0) is 18.4 Å². The zero-order chi connectivity index (χ0) is 9.10. The van der Waals surface area contributed by atoms with Gasteiger partial charge in [0.05, 0.1) is 0 Å². The van der Waals surface area contributed by atoms with Gasteiger partial charge in [-0.2, -0.15) is 0 Å². The van der Waals surface area contributed by atoms with Gasteiger partial charge in [-0.15, -0.1) is 0 Å². The summed E-state index contributed by atoms with van der Waals surface area (Å²) < 4.78 is 0. The van der Waals surface area contributed by atoms with Gasteiger partial charge < -0.3 is 5.32 Å². The molecule has 1 nitrogen and oxygen atoms in total. The van der Waals surface area contributed by atoms with Crippen molar-refractivity contribution < 1.29 is 0 Å². The third-order valence-corrected chi connectivity index (χ3v) is 2.09. The lowest BCUT2D eigenvalue weighted by Crippen LogP contribution is -1.90. The Hall–Kier alpha value is -1.50. The van der Waals surface area contributed by atoms with Crippen LogP contribution in [0.1, 0.15) is 6.92 Å². The van der Waals surface area contributed by atoms with Crippen LogP contribution in [-0.4, -0.2) is 0 Å². The predicted octanol–water partition coefficient (Wildman–Crippen LogP) is 3.43. The summed E-state index contributed by atoms with van der Waals surface area (Å²) in [6.45, 7) is 3.93. The number of rotatable bonds is 2. The van der Waals surface area contributed by atoms with Crippen molar-refractivity contribution in [1.29, 1.82) is 0 Å². The number of hydrogen-bond acceptors (Lipinski definition) is 1. The van der Waals surface area contributed by atoms with E-state index in [2.05, 4.69) is 47.8 Å². The first kappa shape index (κ1) is 8.11. The summed E-state index contributed by atoms with van der Waals surface area (Å²) in [5.74, 6) is 0. The zero-order valence-electron chi connectivity index (χ0n) is 7.62. The Balaban J connectivity index is 2.61. The van der Waals surface area contributed by atoms with Crippen LogP contribution in [0.15, 0.2) is 42.5 Å². The van der Waals surface area contributed by atoms with E-state index in [1.165, 1.54) is 16.5 Å². The summed E-state index contributed by atoms with van der Waals surface area (Å²) in [6.07, 6.45) is 0. The summed E-state index contributed by atoms with van der Waals surface area (Å²) in [6, 6.07) is 14.6. The van der Waals surface area contributed by atoms with E-state index in [0.717, 1.165) is 0 Å². The largest absolute Gasteiger partial charge is 0.380 e. The van der Waals surface area contributed by atoms with Crippen LogP contribution < -0.4 is 5.32 Å². The first-order chi connectivity index (χ1) is 6.42. The molecule has 2 rings (SSSR count). The molecule has 1 radical (unpaired) electrons. The van der Waals surface area contributed by atoms with E-state index >= 15 is 0 Å². The van der Waals surface area contributed by atoms with Crippen LogP contribution in [0.25, 0.3) is 10.8 Å². The van der Waals surface area contributed by atoms with E-state index in [9.17, 15) is 0 Å². The lowest BCUT2D eigenvalue weighted by atomic mass is 10.1. The molecule has 0 amide bonds. The van der Waals surface area contributed by atoms with Crippen LogP contribution in [-0.2, 0) is 0 Å². The number of anilines is 1. The molecule has 0 fully saturated rings. The second-order valence-corrected chi connectivity index (χ2v) is 2.96. The van der Waals surface area contributed by atoms with Gasteiger partial charge in [-0.1, -0.05) is 36.4 Å². The lowest BCUT2D eigenvalue weighted by Gasteiger charge is -2.06. The highest BCUT2D eigenvalue weighted by molar-refractivity contribution is 5.93. The van der Waals surface area contributed by atoms with Crippen LogP contribution in [0.2, 0.25) is 0 Å². The molecule has 0 bridgehead atoms. The predicted molar refractivity (Wildman–Crippen MR) is 57.5 cm³/mol. The Labute approximate surface area is 78.4 Å². The van der Waals surface area contributed by atoms with Crippen molar-refractivity contribution in [3.8, 4) is 0 Å². The van der Waals surface area contributed by atoms with Crippen LogP contribution in [0.5, 0.6) is 0 Å². The second kappa shape index (κ2) is 3.48. The fourth-order valence-electron chi connectivity index (χ4n) is 1.51. The van der Waals surface area contributed by atoms with E-state index in [-0.39, 0.29) is 0 Å². The maximum atomic E-state index is 3.23. The van der Waals surface area contributed by atoms with Gasteiger partial charge in [0, 0.05) is 17.6 Å². The third-order valence-electron chi connectivity index (χ3n) is 2.09. The standard InChI is InChI=1S/C12H12N/c1-2-13-12-9-5-7-10-6-3-4-8-11(10)12/h2-9,13H,1H3. The summed E-state index contributed by atoms with van der Waals surface area (Å²) in [7, 11) is 0. The molecule has 0 spiro atoms. The van der Waals surface area contributed by atoms with Crippen molar-refractivity contribution in [2.24, 2.45) is 0 Å². The number of fused-ring (bicyclic) bond motifs is 1. The number of nitrogens with one attached hydrogen (secondary N) is 1. The molecule has 0 saturated heterocycles. The topological polar surface area (TPSA) is 12.0 Å². The van der Waals surface area contributed by atoms with Crippen molar-refractivity contribution in [3.63, 3.8) is 0 Å². The van der Waals surface area contributed by atoms with Crippen LogP contribution in [0.4, 0.5) is 5.69 Å². The molecule has 1 heteroatoms. The van der Waals surface area contributed by atoms with Crippen LogP contribution >= 0.6 is 0 Å². The summed E-state index contributed by atoms with van der Waals surface area (Å²) in [5.41, 5.74) is 1.17. The molecule has 65 valence electrons. The molecule has 2 aromatic rings. The fraction of sp³-hybridized carbons (Fsp3) is 0.0833. The summed E-state index contributed by atoms with van der Waals surface area (Å²) >= 11 is 0. The summed E-state index contributed by atoms with van der Waals surface area (Å²) in [4.78, 5) is 0. The van der Waals surface area contributed by atoms with Gasteiger partial charge in [0.25, 0.3) is 0 Å². The van der Waals surface area contributed by atoms with Gasteiger partial charge in [0.2, 0.25) is 0 Å². The maximum Gasteiger partial charge on any atom is 0.0432 e. The number of hydrogen-bond donors (Lipinski definition) is 1. The minimum absolute atomic E-state index is 1.17. The zero-order valence-corrected chi connectivity index (χ0v) is 7.62. The molecule has 2 aromatic carbocycles. The Morgan fingerprint density at radius 1 is 1.00 bits per heavy atom. The van der Waals surface area contributed by atoms with E-state index in [1.54, 1.807) is 0 Å². The van der Waals surface area contributed by atoms with Crippen molar-refractivity contribution in [2.75, 3.05) is 5.32 Å². The minimum atomic E-state index is 1.17. The van der Waals surface area contributed by atoms with E-state index in [0.29, 0.717) is 0 Å². The van der Waals surface area contributed by atoms with Gasteiger partial charge in [-0.25, -0.2) is 0 Å². The van der Waals surface area contributed by atoms with Gasteiger partial charge in [0.15, 0.2) is 0 Å². The van der Waals surface area contributed by atoms with Crippen molar-refractivity contribution in [2.45, 2.75) is 6.92 Å². The summed E-state index contributed by atoms with van der Waals surface area (Å²) in [5, 5.41) is 5.76. The maximum absolute atomic E-state index is 3.23. The van der Waals surface area contributed by atoms with Crippen molar-refractivity contribution in [1.82, 2.24) is 0 Å². The minimum Gasteiger partial charge on any atom is -0.380 e. The van der Waals surface area contributed by atoms with Crippen LogP contribution in [0, 0.1) is 6.54 Å². The molecule has 0 aliphatic rings. The highest BCUT2D eigenvalue weighted by Gasteiger charge is 1.96. The average Bonchev–Trinajstić information content (AvgIpc) is 2.19. The van der Waals surface area contributed by atoms with Crippen molar-refractivity contribution in [3.05, 3.63) is 49.0 Å². The Morgan fingerprint density at radius 2 is 1.77 bits per heavy atom. The molecule has 13 heavy (non-hydrogen) atoms. The molecule has 0 atom stereocenters. The smallest absolute Gasteiger partial charge is 0.0432 e. The Bertz CT molecular complexity index is 401. The Kier molecular flexibility index (Phi) is 2.17. The normalized spacial score (nSPS) is 10.2. The monoisotopic (exact) mass is 170 g/mol. The SMILES string of the molecule is C[CH]Nc1cccc2ccccc12. The van der Waals surface area contributed by atoms with E-state index in [4.69, 9.17) is 0 Å². The molecule has 0 aromatic heterocycles. The molecule has 0 aliphatic heterocycles. The first-order valence-corrected chi connectivity index (χ1v) is 4.44. The van der Waals surface area contributed by atoms with Gasteiger partial charge >= 0.3 is 0 Å². The average molecular weight is 170 g/mol. The molecule has 0 unspecified atom stereocenters. The molecule has 0 aliphatic carbocycles. The molecule has 1 N–H and O–H groups in total. The quantitative estimate of drug-likeness (QED) is 0.728. The van der Waals surface area contributed by atoms with Gasteiger partial charge in [0.1, 0.15) is 0 Å². The molecular formula is C12H12N. The lowest BCUT2D eigenvalue weighted by molar-refractivity contribution is 1.40. The fourth-order valence-corrected chi connectivity index (χ4v) is 1.51. The second-order valence-electron chi connectivity index (χ2n) is 2.96. The first-order valence-electron chi connectivity index (χ1n) is 4.44. The highest BCUT2D eigenvalue weighted by Crippen LogP contribution is 2.22. The van der Waals surface area contributed by atoms with E-state index < -0.39 is 0 Å². The Morgan fingerprint density at radius 3 is 2.62 bits per heavy atom. The van der Waals surface area contributed by atoms with Crippen LogP contribution in [0.3, 0.4) is 0 Å².